The van der Waals surface area contributed by atoms with Crippen LogP contribution < -0.4 is 16.4 Å². The first-order chi connectivity index (χ1) is 13.4. The number of nitrogens with zero attached hydrogens (tertiary/aromatic N) is 1. The highest BCUT2D eigenvalue weighted by Crippen LogP contribution is 2.55. The summed E-state index contributed by atoms with van der Waals surface area (Å²) in [6, 6.07) is 0.0811. The van der Waals surface area contributed by atoms with Crippen molar-refractivity contribution < 1.29 is 29.0 Å². The van der Waals surface area contributed by atoms with Crippen LogP contribution in [0.5, 0.6) is 0 Å². The van der Waals surface area contributed by atoms with E-state index in [4.69, 9.17) is 20.3 Å². The van der Waals surface area contributed by atoms with Crippen molar-refractivity contribution in [3.8, 4) is 0 Å². The van der Waals surface area contributed by atoms with Gasteiger partial charge in [0.25, 0.3) is 0 Å². The van der Waals surface area contributed by atoms with Crippen molar-refractivity contribution in [1.29, 1.82) is 0 Å². The van der Waals surface area contributed by atoms with E-state index in [9.17, 15) is 14.4 Å². The zero-order chi connectivity index (χ0) is 20.2. The summed E-state index contributed by atoms with van der Waals surface area (Å²) >= 11 is 0. The fraction of sp³-hybridized carbons (Fsp3) is 0.611. The maximum Gasteiger partial charge on any atom is 0.404 e. The number of nitrogens with one attached hydrogen (secondary N) is 2. The number of carbonyl (C=O) groups excluding carboxylic acids is 3. The number of fused-ring (bicyclic) bond motifs is 4. The van der Waals surface area contributed by atoms with Gasteiger partial charge in [0.15, 0.2) is 5.72 Å². The molecule has 0 spiro atoms. The molecule has 2 fully saturated rings. The minimum absolute atomic E-state index is 0.0280. The normalized spacial score (nSPS) is 33.1. The number of hydrogen-bond acceptors (Lipinski definition) is 9. The highest BCUT2D eigenvalue weighted by Gasteiger charge is 2.72. The Hall–Kier alpha value is -2.43. The molecule has 2 saturated heterocycles. The molecule has 0 bridgehead atoms. The van der Waals surface area contributed by atoms with Gasteiger partial charge in [-0.25, -0.2) is 4.79 Å². The van der Waals surface area contributed by atoms with Crippen LogP contribution in [0.1, 0.15) is 13.3 Å². The molecule has 1 amide bonds. The molecule has 4 atom stereocenters. The van der Waals surface area contributed by atoms with Gasteiger partial charge in [0, 0.05) is 44.0 Å². The van der Waals surface area contributed by atoms with Crippen LogP contribution in [-0.4, -0.2) is 78.9 Å². The van der Waals surface area contributed by atoms with Gasteiger partial charge in [0.2, 0.25) is 11.6 Å². The number of ketones is 2. The van der Waals surface area contributed by atoms with E-state index in [-0.39, 0.29) is 48.1 Å². The van der Waals surface area contributed by atoms with Gasteiger partial charge in [-0.3, -0.25) is 9.59 Å². The minimum atomic E-state index is -0.975. The van der Waals surface area contributed by atoms with Gasteiger partial charge in [0.1, 0.15) is 6.61 Å². The fourth-order valence-electron chi connectivity index (χ4n) is 4.80. The van der Waals surface area contributed by atoms with Crippen LogP contribution in [0.25, 0.3) is 0 Å². The summed E-state index contributed by atoms with van der Waals surface area (Å²) in [6.45, 7) is 2.32. The first-order valence-corrected chi connectivity index (χ1v) is 9.28. The molecule has 4 rings (SSSR count). The molecule has 10 nitrogen and oxygen atoms in total. The number of amides is 1. The molecule has 4 aliphatic rings. The molecule has 5 N–H and O–H groups in total. The number of Topliss-reactive ketones (excluding diaryl/α,β-unsaturated/α-hetero) is 2. The van der Waals surface area contributed by atoms with E-state index in [1.165, 1.54) is 7.11 Å². The number of allylic oxidation sites excluding steroid dienone is 2. The molecule has 152 valence electrons. The average Bonchev–Trinajstić information content (AvgIpc) is 3.27. The molecular formula is C18H24N4O6. The standard InChI is InChI=1S/C18H24N4O6/c1-8-12(20-4-3-5-23)15(25)11-9(7-28-17(19)26)18(27-2)16-10(21-16)6-22(18)13(11)14(8)24/h9-10,16,20-21,23H,3-7H2,1-2H3,(H2,19,26)/t9-,10+,16-,18+/m0/s1. The van der Waals surface area contributed by atoms with Crippen LogP contribution in [0.15, 0.2) is 22.5 Å². The highest BCUT2D eigenvalue weighted by atomic mass is 16.6. The summed E-state index contributed by atoms with van der Waals surface area (Å²) in [5.74, 6) is -1.21. The summed E-state index contributed by atoms with van der Waals surface area (Å²) in [7, 11) is 1.53. The molecule has 10 heteroatoms. The molecule has 1 aliphatic carbocycles. The SMILES string of the molecule is CO[C@@]12[C@@H](COC(N)=O)C3=C(C(=O)C(C)=C(NCCCO)C3=O)N1C[C@H]1N[C@@H]12. The van der Waals surface area contributed by atoms with E-state index < -0.39 is 17.7 Å². The Morgan fingerprint density at radius 2 is 2.18 bits per heavy atom. The number of piperazine rings is 1. The fourth-order valence-corrected chi connectivity index (χ4v) is 4.80. The molecule has 0 aromatic heterocycles. The van der Waals surface area contributed by atoms with Crippen LogP contribution in [0.2, 0.25) is 0 Å². The summed E-state index contributed by atoms with van der Waals surface area (Å²) in [6.07, 6.45) is -0.507. The van der Waals surface area contributed by atoms with Gasteiger partial charge >= 0.3 is 6.09 Å². The van der Waals surface area contributed by atoms with Gasteiger partial charge < -0.3 is 35.8 Å². The lowest BCUT2D eigenvalue weighted by Crippen LogP contribution is -2.55. The van der Waals surface area contributed by atoms with Crippen molar-refractivity contribution >= 4 is 17.7 Å². The molecule has 28 heavy (non-hydrogen) atoms. The molecule has 3 aliphatic heterocycles. The first kappa shape index (κ1) is 18.9. The summed E-state index contributed by atoms with van der Waals surface area (Å²) in [5, 5.41) is 15.3. The van der Waals surface area contributed by atoms with E-state index >= 15 is 0 Å². The van der Waals surface area contributed by atoms with Crippen molar-refractivity contribution in [3.05, 3.63) is 22.5 Å². The van der Waals surface area contributed by atoms with Gasteiger partial charge in [-0.2, -0.15) is 0 Å². The molecule has 0 radical (unpaired) electrons. The molecular weight excluding hydrogens is 368 g/mol. The Morgan fingerprint density at radius 3 is 2.82 bits per heavy atom. The Kier molecular flexibility index (Phi) is 4.44. The predicted molar refractivity (Wildman–Crippen MR) is 95.6 cm³/mol. The van der Waals surface area contributed by atoms with Crippen LogP contribution in [0.3, 0.4) is 0 Å². The smallest absolute Gasteiger partial charge is 0.404 e. The summed E-state index contributed by atoms with van der Waals surface area (Å²) < 4.78 is 11.0. The van der Waals surface area contributed by atoms with E-state index in [0.717, 1.165) is 0 Å². The third-order valence-corrected chi connectivity index (χ3v) is 6.06. The van der Waals surface area contributed by atoms with E-state index in [1.54, 1.807) is 6.92 Å². The second-order valence-corrected chi connectivity index (χ2v) is 7.42. The van der Waals surface area contributed by atoms with Crippen molar-refractivity contribution in [3.63, 3.8) is 0 Å². The number of methoxy groups -OCH3 is 1. The number of aliphatic hydroxyl groups excluding tert-OH is 1. The first-order valence-electron chi connectivity index (χ1n) is 9.28. The van der Waals surface area contributed by atoms with E-state index in [2.05, 4.69) is 10.6 Å². The van der Waals surface area contributed by atoms with Crippen molar-refractivity contribution in [2.45, 2.75) is 31.2 Å². The minimum Gasteiger partial charge on any atom is -0.449 e. The summed E-state index contributed by atoms with van der Waals surface area (Å²) in [4.78, 5) is 39.6. The van der Waals surface area contributed by atoms with Gasteiger partial charge in [-0.1, -0.05) is 0 Å². The Labute approximate surface area is 161 Å². The number of aliphatic hydroxyl groups is 1. The van der Waals surface area contributed by atoms with Gasteiger partial charge in [-0.05, 0) is 13.3 Å². The number of nitrogens with two attached hydrogens (primary N) is 1. The highest BCUT2D eigenvalue weighted by molar-refractivity contribution is 6.25. The van der Waals surface area contributed by atoms with E-state index in [0.29, 0.717) is 30.8 Å². The largest absolute Gasteiger partial charge is 0.449 e. The van der Waals surface area contributed by atoms with E-state index in [1.807, 2.05) is 4.90 Å². The number of hydrogen-bond donors (Lipinski definition) is 4. The van der Waals surface area contributed by atoms with Crippen LogP contribution in [-0.2, 0) is 19.1 Å². The van der Waals surface area contributed by atoms with Crippen LogP contribution >= 0.6 is 0 Å². The van der Waals surface area contributed by atoms with Crippen molar-refractivity contribution in [1.82, 2.24) is 15.5 Å². The van der Waals surface area contributed by atoms with Gasteiger partial charge in [-0.15, -0.1) is 0 Å². The maximum absolute atomic E-state index is 13.4. The lowest BCUT2D eigenvalue weighted by Gasteiger charge is -2.39. The Balaban J connectivity index is 1.74. The number of rotatable bonds is 7. The third kappa shape index (κ3) is 2.41. The van der Waals surface area contributed by atoms with Crippen molar-refractivity contribution in [2.24, 2.45) is 11.7 Å². The quantitative estimate of drug-likeness (QED) is 0.227. The average molecular weight is 392 g/mol. The van der Waals surface area contributed by atoms with Crippen LogP contribution in [0, 0.1) is 5.92 Å². The number of carbonyl (C=O) groups is 3. The second kappa shape index (κ2) is 6.57. The Morgan fingerprint density at radius 1 is 1.43 bits per heavy atom. The number of primary amides is 1. The molecule has 0 aromatic carbocycles. The topological polar surface area (TPSA) is 153 Å². The molecule has 0 saturated carbocycles. The summed E-state index contributed by atoms with van der Waals surface area (Å²) in [5.41, 5.74) is 5.34. The Bertz CT molecular complexity index is 821. The lowest BCUT2D eigenvalue weighted by atomic mass is 9.82. The van der Waals surface area contributed by atoms with Gasteiger partial charge in [0.05, 0.1) is 23.4 Å². The zero-order valence-corrected chi connectivity index (χ0v) is 15.8. The maximum atomic E-state index is 13.4. The zero-order valence-electron chi connectivity index (χ0n) is 15.8. The lowest BCUT2D eigenvalue weighted by molar-refractivity contribution is -0.137. The monoisotopic (exact) mass is 392 g/mol. The molecule has 0 unspecified atom stereocenters. The predicted octanol–water partition coefficient (Wildman–Crippen LogP) is -1.64. The number of ether oxygens (including phenoxy) is 2. The van der Waals surface area contributed by atoms with Crippen molar-refractivity contribution in [2.75, 3.05) is 33.4 Å². The van der Waals surface area contributed by atoms with Crippen LogP contribution in [0.4, 0.5) is 4.79 Å². The third-order valence-electron chi connectivity index (χ3n) is 6.06. The molecule has 3 heterocycles. The molecule has 0 aromatic rings. The second-order valence-electron chi connectivity index (χ2n) is 7.42.